The van der Waals surface area contributed by atoms with Gasteiger partial charge in [0, 0.05) is 24.5 Å². The monoisotopic (exact) mass is 297 g/mol. The third-order valence-electron chi connectivity index (χ3n) is 4.28. The van der Waals surface area contributed by atoms with E-state index >= 15 is 0 Å². The van der Waals surface area contributed by atoms with Gasteiger partial charge in [0.05, 0.1) is 5.52 Å². The van der Waals surface area contributed by atoms with E-state index in [0.717, 1.165) is 36.8 Å². The molecule has 3 rings (SSSR count). The van der Waals surface area contributed by atoms with Crippen LogP contribution in [0.5, 0.6) is 0 Å². The molecule has 4 heteroatoms. The van der Waals surface area contributed by atoms with Crippen LogP contribution < -0.4 is 0 Å². The van der Waals surface area contributed by atoms with E-state index in [-0.39, 0.29) is 5.91 Å². The summed E-state index contributed by atoms with van der Waals surface area (Å²) in [5.41, 5.74) is 1.44. The third-order valence-corrected chi connectivity index (χ3v) is 4.28. The molecular weight excluding hydrogens is 274 g/mol. The van der Waals surface area contributed by atoms with Gasteiger partial charge >= 0.3 is 0 Å². The molecule has 0 saturated carbocycles. The number of aromatic nitrogens is 1. The number of amides is 1. The van der Waals surface area contributed by atoms with Gasteiger partial charge in [0.1, 0.15) is 5.69 Å². The van der Waals surface area contributed by atoms with Crippen molar-refractivity contribution in [1.29, 1.82) is 0 Å². The highest BCUT2D eigenvalue weighted by Gasteiger charge is 2.28. The molecule has 1 unspecified atom stereocenters. The Balaban J connectivity index is 1.86. The first kappa shape index (κ1) is 15.0. The number of fused-ring (bicyclic) bond motifs is 1. The molecule has 1 aliphatic heterocycles. The molecule has 0 N–H and O–H groups in total. The minimum absolute atomic E-state index is 0.0669. The maximum absolute atomic E-state index is 12.9. The van der Waals surface area contributed by atoms with Crippen molar-refractivity contribution in [1.82, 2.24) is 14.8 Å². The lowest BCUT2D eigenvalue weighted by Gasteiger charge is -2.37. The maximum Gasteiger partial charge on any atom is 0.272 e. The van der Waals surface area contributed by atoms with Gasteiger partial charge in [0.25, 0.3) is 5.91 Å². The summed E-state index contributed by atoms with van der Waals surface area (Å²) in [7, 11) is 4.12. The lowest BCUT2D eigenvalue weighted by atomic mass is 10.0. The van der Waals surface area contributed by atoms with E-state index in [1.807, 2.05) is 41.3 Å². The van der Waals surface area contributed by atoms with E-state index < -0.39 is 0 Å². The molecule has 116 valence electrons. The SMILES string of the molecule is CN(C)CC1CCCCN1C(=O)c1ccc2ccccc2n1. The molecule has 22 heavy (non-hydrogen) atoms. The van der Waals surface area contributed by atoms with Gasteiger partial charge < -0.3 is 9.80 Å². The van der Waals surface area contributed by atoms with Gasteiger partial charge in [-0.25, -0.2) is 4.98 Å². The fourth-order valence-electron chi connectivity index (χ4n) is 3.21. The number of benzene rings is 1. The Morgan fingerprint density at radius 1 is 1.23 bits per heavy atom. The molecule has 1 aromatic carbocycles. The van der Waals surface area contributed by atoms with Crippen LogP contribution in [0.4, 0.5) is 0 Å². The quantitative estimate of drug-likeness (QED) is 0.874. The Bertz CT molecular complexity index is 668. The first-order chi connectivity index (χ1) is 10.6. The van der Waals surface area contributed by atoms with Crippen LogP contribution in [-0.2, 0) is 0 Å². The number of pyridine rings is 1. The summed E-state index contributed by atoms with van der Waals surface area (Å²) >= 11 is 0. The number of rotatable bonds is 3. The van der Waals surface area contributed by atoms with Crippen molar-refractivity contribution in [2.45, 2.75) is 25.3 Å². The summed E-state index contributed by atoms with van der Waals surface area (Å²) in [5.74, 6) is 0.0669. The second-order valence-corrected chi connectivity index (χ2v) is 6.30. The Morgan fingerprint density at radius 3 is 2.86 bits per heavy atom. The number of hydrogen-bond acceptors (Lipinski definition) is 3. The molecule has 1 atom stereocenters. The summed E-state index contributed by atoms with van der Waals surface area (Å²) in [6, 6.07) is 12.1. The fourth-order valence-corrected chi connectivity index (χ4v) is 3.21. The number of piperidine rings is 1. The van der Waals surface area contributed by atoms with Crippen LogP contribution >= 0.6 is 0 Å². The molecule has 0 spiro atoms. The number of carbonyl (C=O) groups excluding carboxylic acids is 1. The molecule has 0 aliphatic carbocycles. The normalized spacial score (nSPS) is 18.9. The van der Waals surface area contributed by atoms with Crippen LogP contribution in [0.1, 0.15) is 29.8 Å². The molecule has 1 fully saturated rings. The first-order valence-electron chi connectivity index (χ1n) is 7.96. The number of likely N-dealkylation sites (tertiary alicyclic amines) is 1. The van der Waals surface area contributed by atoms with Crippen LogP contribution in [0.3, 0.4) is 0 Å². The molecule has 4 nitrogen and oxygen atoms in total. The highest BCUT2D eigenvalue weighted by Crippen LogP contribution is 2.21. The minimum Gasteiger partial charge on any atom is -0.333 e. The molecular formula is C18H23N3O. The number of hydrogen-bond donors (Lipinski definition) is 0. The number of nitrogens with zero attached hydrogens (tertiary/aromatic N) is 3. The number of para-hydroxylation sites is 1. The van der Waals surface area contributed by atoms with Crippen molar-refractivity contribution in [3.8, 4) is 0 Å². The number of carbonyl (C=O) groups is 1. The van der Waals surface area contributed by atoms with E-state index in [0.29, 0.717) is 11.7 Å². The zero-order valence-corrected chi connectivity index (χ0v) is 13.3. The third kappa shape index (κ3) is 3.12. The van der Waals surface area contributed by atoms with E-state index in [1.165, 1.54) is 6.42 Å². The zero-order valence-electron chi connectivity index (χ0n) is 13.3. The summed E-state index contributed by atoms with van der Waals surface area (Å²) in [5, 5.41) is 1.07. The van der Waals surface area contributed by atoms with Gasteiger partial charge in [-0.3, -0.25) is 4.79 Å². The number of likely N-dealkylation sites (N-methyl/N-ethyl adjacent to an activating group) is 1. The predicted molar refractivity (Wildman–Crippen MR) is 89.0 cm³/mol. The molecule has 1 aliphatic rings. The van der Waals surface area contributed by atoms with Gasteiger partial charge in [-0.05, 0) is 45.5 Å². The lowest BCUT2D eigenvalue weighted by Crippen LogP contribution is -2.48. The highest BCUT2D eigenvalue weighted by atomic mass is 16.2. The molecule has 1 aromatic heterocycles. The summed E-state index contributed by atoms with van der Waals surface area (Å²) < 4.78 is 0. The van der Waals surface area contributed by atoms with E-state index in [2.05, 4.69) is 24.0 Å². The second-order valence-electron chi connectivity index (χ2n) is 6.30. The van der Waals surface area contributed by atoms with Crippen LogP contribution in [0, 0.1) is 0 Å². The van der Waals surface area contributed by atoms with Crippen LogP contribution in [0.15, 0.2) is 36.4 Å². The Kier molecular flexibility index (Phi) is 4.39. The zero-order chi connectivity index (χ0) is 15.5. The average molecular weight is 297 g/mol. The van der Waals surface area contributed by atoms with Gasteiger partial charge in [0.2, 0.25) is 0 Å². The first-order valence-corrected chi connectivity index (χ1v) is 7.96. The summed E-state index contributed by atoms with van der Waals surface area (Å²) in [4.78, 5) is 21.6. The highest BCUT2D eigenvalue weighted by molar-refractivity contribution is 5.95. The Hall–Kier alpha value is -1.94. The van der Waals surface area contributed by atoms with Crippen LogP contribution in [0.25, 0.3) is 10.9 Å². The van der Waals surface area contributed by atoms with Crippen molar-refractivity contribution in [2.24, 2.45) is 0 Å². The standard InChI is InChI=1S/C18H23N3O/c1-20(2)13-15-8-5-6-12-21(15)18(22)17-11-10-14-7-3-4-9-16(14)19-17/h3-4,7,9-11,15H,5-6,8,12-13H2,1-2H3. The second kappa shape index (κ2) is 6.44. The maximum atomic E-state index is 12.9. The van der Waals surface area contributed by atoms with Crippen molar-refractivity contribution >= 4 is 16.8 Å². The Morgan fingerprint density at radius 2 is 2.05 bits per heavy atom. The Labute approximate surface area is 131 Å². The molecule has 2 heterocycles. The largest absolute Gasteiger partial charge is 0.333 e. The van der Waals surface area contributed by atoms with Gasteiger partial charge in [-0.15, -0.1) is 0 Å². The predicted octanol–water partition coefficient (Wildman–Crippen LogP) is 2.79. The molecule has 0 radical (unpaired) electrons. The van der Waals surface area contributed by atoms with Crippen LogP contribution in [-0.4, -0.2) is 53.9 Å². The van der Waals surface area contributed by atoms with Crippen LogP contribution in [0.2, 0.25) is 0 Å². The molecule has 2 aromatic rings. The van der Waals surface area contributed by atoms with E-state index in [9.17, 15) is 4.79 Å². The minimum atomic E-state index is 0.0669. The lowest BCUT2D eigenvalue weighted by molar-refractivity contribution is 0.0569. The molecule has 0 bridgehead atoms. The topological polar surface area (TPSA) is 36.4 Å². The van der Waals surface area contributed by atoms with E-state index in [4.69, 9.17) is 0 Å². The smallest absolute Gasteiger partial charge is 0.272 e. The molecule has 1 saturated heterocycles. The molecule has 1 amide bonds. The average Bonchev–Trinajstić information content (AvgIpc) is 2.54. The van der Waals surface area contributed by atoms with Crippen molar-refractivity contribution in [3.05, 3.63) is 42.1 Å². The van der Waals surface area contributed by atoms with Gasteiger partial charge in [0.15, 0.2) is 0 Å². The summed E-state index contributed by atoms with van der Waals surface area (Å²) in [6.07, 6.45) is 3.37. The van der Waals surface area contributed by atoms with Crippen molar-refractivity contribution in [2.75, 3.05) is 27.2 Å². The van der Waals surface area contributed by atoms with Crippen molar-refractivity contribution < 1.29 is 4.79 Å². The van der Waals surface area contributed by atoms with E-state index in [1.54, 1.807) is 0 Å². The van der Waals surface area contributed by atoms with Crippen molar-refractivity contribution in [3.63, 3.8) is 0 Å². The van der Waals surface area contributed by atoms with Gasteiger partial charge in [-0.1, -0.05) is 24.3 Å². The fraction of sp³-hybridized carbons (Fsp3) is 0.444. The summed E-state index contributed by atoms with van der Waals surface area (Å²) in [6.45, 7) is 1.76. The van der Waals surface area contributed by atoms with Gasteiger partial charge in [-0.2, -0.15) is 0 Å².